The van der Waals surface area contributed by atoms with Gasteiger partial charge in [-0.2, -0.15) is 12.7 Å². The van der Waals surface area contributed by atoms with E-state index in [9.17, 15) is 8.42 Å². The molecule has 0 aromatic heterocycles. The fourth-order valence-electron chi connectivity index (χ4n) is 0.944. The van der Waals surface area contributed by atoms with E-state index in [-0.39, 0.29) is 6.54 Å². The van der Waals surface area contributed by atoms with Gasteiger partial charge in [-0.1, -0.05) is 34.1 Å². The van der Waals surface area contributed by atoms with E-state index in [0.29, 0.717) is 0 Å². The lowest BCUT2D eigenvalue weighted by molar-refractivity contribution is 0.480. The van der Waals surface area contributed by atoms with E-state index >= 15 is 0 Å². The molecule has 0 atom stereocenters. The summed E-state index contributed by atoms with van der Waals surface area (Å²) in [6, 6.07) is 7.39. The molecule has 0 saturated heterocycles. The van der Waals surface area contributed by atoms with E-state index in [0.717, 1.165) is 14.3 Å². The van der Waals surface area contributed by atoms with E-state index in [1.165, 1.54) is 7.05 Å². The first kappa shape index (κ1) is 12.0. The Labute approximate surface area is 96.4 Å². The van der Waals surface area contributed by atoms with Crippen LogP contribution >= 0.6 is 26.6 Å². The summed E-state index contributed by atoms with van der Waals surface area (Å²) >= 11 is 3.33. The number of halogens is 2. The molecule has 1 aromatic rings. The Morgan fingerprint density at radius 3 is 2.50 bits per heavy atom. The molecule has 0 unspecified atom stereocenters. The van der Waals surface area contributed by atoms with E-state index in [4.69, 9.17) is 10.7 Å². The van der Waals surface area contributed by atoms with Crippen LogP contribution in [0.4, 0.5) is 0 Å². The van der Waals surface area contributed by atoms with Gasteiger partial charge in [0.05, 0.1) is 0 Å². The summed E-state index contributed by atoms with van der Waals surface area (Å²) in [5.41, 5.74) is 0.874. The maximum Gasteiger partial charge on any atom is 0.299 e. The second kappa shape index (κ2) is 4.61. The molecule has 0 aliphatic rings. The van der Waals surface area contributed by atoms with E-state index in [2.05, 4.69) is 15.9 Å². The predicted octanol–water partition coefficient (Wildman–Crippen LogP) is 2.36. The van der Waals surface area contributed by atoms with Gasteiger partial charge in [-0.25, -0.2) is 0 Å². The minimum Gasteiger partial charge on any atom is -0.195 e. The molecule has 0 bridgehead atoms. The quantitative estimate of drug-likeness (QED) is 0.803. The third-order valence-corrected chi connectivity index (χ3v) is 4.08. The average molecular weight is 299 g/mol. The molecular weight excluding hydrogens is 290 g/mol. The van der Waals surface area contributed by atoms with Gasteiger partial charge in [0.25, 0.3) is 9.24 Å². The largest absolute Gasteiger partial charge is 0.299 e. The monoisotopic (exact) mass is 297 g/mol. The molecule has 0 heterocycles. The molecule has 0 fully saturated rings. The predicted molar refractivity (Wildman–Crippen MR) is 60.4 cm³/mol. The van der Waals surface area contributed by atoms with Gasteiger partial charge < -0.3 is 0 Å². The number of benzene rings is 1. The Morgan fingerprint density at radius 1 is 1.43 bits per heavy atom. The smallest absolute Gasteiger partial charge is 0.195 e. The van der Waals surface area contributed by atoms with Crippen molar-refractivity contribution in [2.45, 2.75) is 6.54 Å². The van der Waals surface area contributed by atoms with Gasteiger partial charge in [-0.3, -0.25) is 0 Å². The van der Waals surface area contributed by atoms with Crippen LogP contribution in [0, 0.1) is 0 Å². The number of hydrogen-bond acceptors (Lipinski definition) is 2. The summed E-state index contributed by atoms with van der Waals surface area (Å²) in [7, 11) is 2.97. The molecule has 0 N–H and O–H groups in total. The minimum atomic E-state index is -3.63. The topological polar surface area (TPSA) is 37.4 Å². The van der Waals surface area contributed by atoms with Crippen molar-refractivity contribution in [3.05, 3.63) is 34.3 Å². The molecule has 1 aromatic carbocycles. The van der Waals surface area contributed by atoms with Crippen molar-refractivity contribution in [1.29, 1.82) is 0 Å². The maximum atomic E-state index is 10.9. The fraction of sp³-hybridized carbons (Fsp3) is 0.250. The van der Waals surface area contributed by atoms with E-state index < -0.39 is 9.24 Å². The summed E-state index contributed by atoms with van der Waals surface area (Å²) in [4.78, 5) is 0. The van der Waals surface area contributed by atoms with Crippen molar-refractivity contribution in [2.75, 3.05) is 7.05 Å². The van der Waals surface area contributed by atoms with Crippen LogP contribution in [0.2, 0.25) is 0 Å². The van der Waals surface area contributed by atoms with Crippen LogP contribution in [-0.4, -0.2) is 19.8 Å². The Bertz CT molecular complexity index is 421. The van der Waals surface area contributed by atoms with Gasteiger partial charge in [-0.15, -0.1) is 0 Å². The highest BCUT2D eigenvalue weighted by Crippen LogP contribution is 2.19. The van der Waals surface area contributed by atoms with Crippen molar-refractivity contribution < 1.29 is 8.42 Å². The first-order valence-electron chi connectivity index (χ1n) is 3.80. The third-order valence-electron chi connectivity index (χ3n) is 1.72. The van der Waals surface area contributed by atoms with Crippen LogP contribution in [0.15, 0.2) is 28.7 Å². The Kier molecular flexibility index (Phi) is 3.94. The summed E-state index contributed by atoms with van der Waals surface area (Å²) < 4.78 is 23.8. The normalized spacial score (nSPS) is 12.0. The zero-order chi connectivity index (χ0) is 10.8. The standard InChI is InChI=1S/C8H9BrClNO2S/c1-11(14(10,12)13)6-7-4-2-3-5-8(7)9/h2-5H,6H2,1H3. The van der Waals surface area contributed by atoms with Crippen molar-refractivity contribution in [3.8, 4) is 0 Å². The highest BCUT2D eigenvalue weighted by molar-refractivity contribution is 9.10. The minimum absolute atomic E-state index is 0.257. The summed E-state index contributed by atoms with van der Waals surface area (Å²) in [6.07, 6.45) is 0. The van der Waals surface area contributed by atoms with Crippen molar-refractivity contribution in [1.82, 2.24) is 4.31 Å². The van der Waals surface area contributed by atoms with E-state index in [1.54, 1.807) is 0 Å². The van der Waals surface area contributed by atoms with Gasteiger partial charge >= 0.3 is 0 Å². The molecule has 6 heteroatoms. The number of nitrogens with zero attached hydrogens (tertiary/aromatic N) is 1. The number of rotatable bonds is 3. The zero-order valence-corrected chi connectivity index (χ0v) is 10.6. The zero-order valence-electron chi connectivity index (χ0n) is 7.44. The first-order chi connectivity index (χ1) is 6.41. The third kappa shape index (κ3) is 3.24. The molecule has 3 nitrogen and oxygen atoms in total. The van der Waals surface area contributed by atoms with Gasteiger partial charge in [0, 0.05) is 28.7 Å². The molecule has 0 aliphatic carbocycles. The van der Waals surface area contributed by atoms with Crippen LogP contribution in [0.1, 0.15) is 5.56 Å². The first-order valence-corrected chi connectivity index (χ1v) is 6.86. The molecule has 0 aliphatic heterocycles. The summed E-state index contributed by atoms with van der Waals surface area (Å²) in [5.74, 6) is 0. The summed E-state index contributed by atoms with van der Waals surface area (Å²) in [5, 5.41) is 0. The van der Waals surface area contributed by atoms with Gasteiger partial charge in [-0.05, 0) is 11.6 Å². The van der Waals surface area contributed by atoms with Gasteiger partial charge in [0.1, 0.15) is 0 Å². The molecule has 14 heavy (non-hydrogen) atoms. The molecule has 0 spiro atoms. The molecule has 0 saturated carbocycles. The number of hydrogen-bond donors (Lipinski definition) is 0. The Hall–Kier alpha value is -0.100. The molecule has 1 rings (SSSR count). The molecule has 0 radical (unpaired) electrons. The van der Waals surface area contributed by atoms with Crippen molar-refractivity contribution in [2.24, 2.45) is 0 Å². The Morgan fingerprint density at radius 2 is 2.00 bits per heavy atom. The van der Waals surface area contributed by atoms with Crippen LogP contribution in [0.25, 0.3) is 0 Å². The van der Waals surface area contributed by atoms with Crippen LogP contribution in [-0.2, 0) is 15.8 Å². The van der Waals surface area contributed by atoms with Gasteiger partial charge in [0.2, 0.25) is 0 Å². The van der Waals surface area contributed by atoms with Crippen LogP contribution < -0.4 is 0 Å². The highest BCUT2D eigenvalue weighted by atomic mass is 79.9. The lowest BCUT2D eigenvalue weighted by Crippen LogP contribution is -2.21. The van der Waals surface area contributed by atoms with Crippen molar-refractivity contribution >= 4 is 35.8 Å². The maximum absolute atomic E-state index is 10.9. The summed E-state index contributed by atoms with van der Waals surface area (Å²) in [6.45, 7) is 0.257. The van der Waals surface area contributed by atoms with Crippen LogP contribution in [0.3, 0.4) is 0 Å². The van der Waals surface area contributed by atoms with Crippen molar-refractivity contribution in [3.63, 3.8) is 0 Å². The lowest BCUT2D eigenvalue weighted by Gasteiger charge is -2.12. The van der Waals surface area contributed by atoms with Gasteiger partial charge in [0.15, 0.2) is 0 Å². The second-order valence-electron chi connectivity index (χ2n) is 2.79. The molecule has 78 valence electrons. The molecular formula is C8H9BrClNO2S. The Balaban J connectivity index is 2.85. The fourth-order valence-corrected chi connectivity index (χ4v) is 1.79. The highest BCUT2D eigenvalue weighted by Gasteiger charge is 2.14. The SMILES string of the molecule is CN(Cc1ccccc1Br)S(=O)(=O)Cl. The molecule has 0 amide bonds. The van der Waals surface area contributed by atoms with Crippen LogP contribution in [0.5, 0.6) is 0 Å². The second-order valence-corrected chi connectivity index (χ2v) is 6.26. The van der Waals surface area contributed by atoms with E-state index in [1.807, 2.05) is 24.3 Å². The average Bonchev–Trinajstić information content (AvgIpc) is 2.07. The lowest BCUT2D eigenvalue weighted by atomic mass is 10.2.